The zero-order chi connectivity index (χ0) is 11.6. The van der Waals surface area contributed by atoms with Gasteiger partial charge in [-0.3, -0.25) is 9.78 Å². The molecule has 2 rings (SSSR count). The van der Waals surface area contributed by atoms with Gasteiger partial charge in [-0.2, -0.15) is 0 Å². The van der Waals surface area contributed by atoms with Crippen LogP contribution >= 0.6 is 0 Å². The van der Waals surface area contributed by atoms with E-state index in [0.717, 1.165) is 12.2 Å². The number of methoxy groups -OCH3 is 1. The summed E-state index contributed by atoms with van der Waals surface area (Å²) in [5.74, 6) is -0.328. The molecular weight excluding hydrogens is 204 g/mol. The number of nitrogens with zero attached hydrogens (tertiary/aromatic N) is 1. The van der Waals surface area contributed by atoms with Crippen LogP contribution in [0.3, 0.4) is 0 Å². The SMILES string of the molecule is COC(=O)C1CNCC1(C)c1ccccn1. The van der Waals surface area contributed by atoms with Gasteiger partial charge in [-0.05, 0) is 12.1 Å². The van der Waals surface area contributed by atoms with E-state index in [2.05, 4.69) is 17.2 Å². The highest BCUT2D eigenvalue weighted by molar-refractivity contribution is 5.75. The van der Waals surface area contributed by atoms with Gasteiger partial charge in [0.15, 0.2) is 0 Å². The Labute approximate surface area is 95.0 Å². The molecule has 1 fully saturated rings. The average molecular weight is 220 g/mol. The van der Waals surface area contributed by atoms with Crippen molar-refractivity contribution in [1.82, 2.24) is 10.3 Å². The van der Waals surface area contributed by atoms with E-state index in [4.69, 9.17) is 4.74 Å². The Hall–Kier alpha value is -1.42. The van der Waals surface area contributed by atoms with Crippen molar-refractivity contribution in [3.8, 4) is 0 Å². The van der Waals surface area contributed by atoms with Crippen molar-refractivity contribution in [2.24, 2.45) is 5.92 Å². The Morgan fingerprint density at radius 3 is 3.06 bits per heavy atom. The van der Waals surface area contributed by atoms with Gasteiger partial charge in [-0.1, -0.05) is 13.0 Å². The lowest BCUT2D eigenvalue weighted by molar-refractivity contribution is -0.146. The van der Waals surface area contributed by atoms with E-state index in [9.17, 15) is 4.79 Å². The van der Waals surface area contributed by atoms with Gasteiger partial charge in [-0.15, -0.1) is 0 Å². The summed E-state index contributed by atoms with van der Waals surface area (Å²) in [6.45, 7) is 3.46. The summed E-state index contributed by atoms with van der Waals surface area (Å²) in [5, 5.41) is 3.24. The Balaban J connectivity index is 2.33. The molecule has 4 heteroatoms. The number of nitrogens with one attached hydrogen (secondary N) is 1. The molecule has 0 spiro atoms. The van der Waals surface area contributed by atoms with E-state index in [-0.39, 0.29) is 17.3 Å². The van der Waals surface area contributed by atoms with Crippen LogP contribution in [-0.4, -0.2) is 31.2 Å². The molecule has 0 saturated carbocycles. The quantitative estimate of drug-likeness (QED) is 0.747. The van der Waals surface area contributed by atoms with Gasteiger partial charge in [0.05, 0.1) is 13.0 Å². The summed E-state index contributed by atoms with van der Waals surface area (Å²) in [5.41, 5.74) is 0.671. The van der Waals surface area contributed by atoms with Crippen LogP contribution in [0.2, 0.25) is 0 Å². The lowest BCUT2D eigenvalue weighted by atomic mass is 9.77. The molecule has 1 aromatic heterocycles. The monoisotopic (exact) mass is 220 g/mol. The lowest BCUT2D eigenvalue weighted by Crippen LogP contribution is -2.37. The predicted molar refractivity (Wildman–Crippen MR) is 60.0 cm³/mol. The summed E-state index contributed by atoms with van der Waals surface area (Å²) in [7, 11) is 1.43. The van der Waals surface area contributed by atoms with Crippen molar-refractivity contribution in [2.75, 3.05) is 20.2 Å². The number of pyridine rings is 1. The molecule has 1 saturated heterocycles. The van der Waals surface area contributed by atoms with Crippen LogP contribution in [0, 0.1) is 5.92 Å². The first-order valence-corrected chi connectivity index (χ1v) is 5.38. The predicted octanol–water partition coefficient (Wildman–Crippen LogP) is 0.732. The normalized spacial score (nSPS) is 29.0. The third-order valence-corrected chi connectivity index (χ3v) is 3.35. The fourth-order valence-corrected chi connectivity index (χ4v) is 2.28. The van der Waals surface area contributed by atoms with Crippen molar-refractivity contribution in [2.45, 2.75) is 12.3 Å². The van der Waals surface area contributed by atoms with Crippen LogP contribution in [0.25, 0.3) is 0 Å². The molecule has 1 aliphatic rings. The molecule has 0 bridgehead atoms. The van der Waals surface area contributed by atoms with E-state index in [0.29, 0.717) is 6.54 Å². The zero-order valence-corrected chi connectivity index (χ0v) is 9.56. The minimum Gasteiger partial charge on any atom is -0.469 e. The van der Waals surface area contributed by atoms with Gasteiger partial charge < -0.3 is 10.1 Å². The fourth-order valence-electron chi connectivity index (χ4n) is 2.28. The third-order valence-electron chi connectivity index (χ3n) is 3.35. The van der Waals surface area contributed by atoms with Crippen molar-refractivity contribution in [3.63, 3.8) is 0 Å². The standard InChI is InChI=1S/C12H16N2O2/c1-12(10-5-3-4-6-14-10)8-13-7-9(12)11(15)16-2/h3-6,9,13H,7-8H2,1-2H3. The molecule has 0 aromatic carbocycles. The zero-order valence-electron chi connectivity index (χ0n) is 9.56. The number of esters is 1. The number of carbonyl (C=O) groups excluding carboxylic acids is 1. The van der Waals surface area contributed by atoms with Crippen molar-refractivity contribution in [1.29, 1.82) is 0 Å². The number of aromatic nitrogens is 1. The molecule has 1 N–H and O–H groups in total. The molecule has 2 atom stereocenters. The molecule has 2 unspecified atom stereocenters. The number of hydrogen-bond donors (Lipinski definition) is 1. The molecule has 16 heavy (non-hydrogen) atoms. The minimum atomic E-state index is -0.269. The van der Waals surface area contributed by atoms with E-state index < -0.39 is 0 Å². The van der Waals surface area contributed by atoms with Gasteiger partial charge in [-0.25, -0.2) is 0 Å². The Morgan fingerprint density at radius 2 is 2.44 bits per heavy atom. The summed E-state index contributed by atoms with van der Waals surface area (Å²) in [6, 6.07) is 5.78. The first-order chi connectivity index (χ1) is 7.68. The summed E-state index contributed by atoms with van der Waals surface area (Å²) in [4.78, 5) is 16.1. The molecule has 1 aliphatic heterocycles. The molecule has 2 heterocycles. The maximum absolute atomic E-state index is 11.7. The summed E-state index contributed by atoms with van der Waals surface area (Å²) >= 11 is 0. The van der Waals surface area contributed by atoms with Crippen molar-refractivity contribution in [3.05, 3.63) is 30.1 Å². The number of rotatable bonds is 2. The number of carbonyl (C=O) groups is 1. The highest BCUT2D eigenvalue weighted by atomic mass is 16.5. The van der Waals surface area contributed by atoms with E-state index >= 15 is 0 Å². The second kappa shape index (κ2) is 4.22. The van der Waals surface area contributed by atoms with Crippen LogP contribution in [0.4, 0.5) is 0 Å². The van der Waals surface area contributed by atoms with Crippen molar-refractivity contribution >= 4 is 5.97 Å². The van der Waals surface area contributed by atoms with Gasteiger partial charge >= 0.3 is 5.97 Å². The van der Waals surface area contributed by atoms with Crippen LogP contribution in [-0.2, 0) is 14.9 Å². The fraction of sp³-hybridized carbons (Fsp3) is 0.500. The highest BCUT2D eigenvalue weighted by Gasteiger charge is 2.46. The first kappa shape index (κ1) is 11.1. The lowest BCUT2D eigenvalue weighted by Gasteiger charge is -2.27. The third kappa shape index (κ3) is 1.69. The number of hydrogen-bond acceptors (Lipinski definition) is 4. The van der Waals surface area contributed by atoms with E-state index in [1.807, 2.05) is 18.2 Å². The van der Waals surface area contributed by atoms with Gasteiger partial charge in [0, 0.05) is 30.4 Å². The largest absolute Gasteiger partial charge is 0.469 e. The van der Waals surface area contributed by atoms with Crippen LogP contribution in [0.5, 0.6) is 0 Å². The molecule has 86 valence electrons. The smallest absolute Gasteiger partial charge is 0.310 e. The van der Waals surface area contributed by atoms with E-state index in [1.54, 1.807) is 6.20 Å². The molecular formula is C12H16N2O2. The molecule has 1 aromatic rings. The van der Waals surface area contributed by atoms with Crippen LogP contribution < -0.4 is 5.32 Å². The molecule has 0 radical (unpaired) electrons. The second-order valence-corrected chi connectivity index (χ2v) is 4.34. The first-order valence-electron chi connectivity index (χ1n) is 5.38. The van der Waals surface area contributed by atoms with Crippen LogP contribution in [0.1, 0.15) is 12.6 Å². The molecule has 4 nitrogen and oxygen atoms in total. The maximum Gasteiger partial charge on any atom is 0.310 e. The van der Waals surface area contributed by atoms with Gasteiger partial charge in [0.1, 0.15) is 0 Å². The molecule has 0 aliphatic carbocycles. The minimum absolute atomic E-state index is 0.160. The Bertz CT molecular complexity index is 380. The van der Waals surface area contributed by atoms with Gasteiger partial charge in [0.2, 0.25) is 0 Å². The summed E-state index contributed by atoms with van der Waals surface area (Å²) < 4.78 is 4.84. The number of ether oxygens (including phenoxy) is 1. The topological polar surface area (TPSA) is 51.2 Å². The Morgan fingerprint density at radius 1 is 1.62 bits per heavy atom. The highest BCUT2D eigenvalue weighted by Crippen LogP contribution is 2.34. The van der Waals surface area contributed by atoms with Crippen LogP contribution in [0.15, 0.2) is 24.4 Å². The summed E-state index contributed by atoms with van der Waals surface area (Å²) in [6.07, 6.45) is 1.76. The van der Waals surface area contributed by atoms with Gasteiger partial charge in [0.25, 0.3) is 0 Å². The van der Waals surface area contributed by atoms with Crippen molar-refractivity contribution < 1.29 is 9.53 Å². The Kier molecular flexibility index (Phi) is 2.92. The molecule has 0 amide bonds. The second-order valence-electron chi connectivity index (χ2n) is 4.34. The maximum atomic E-state index is 11.7. The average Bonchev–Trinajstić information content (AvgIpc) is 2.73. The van der Waals surface area contributed by atoms with E-state index in [1.165, 1.54) is 7.11 Å².